The number of nitrogens with one attached hydrogen (secondary N) is 1. The Morgan fingerprint density at radius 3 is 2.67 bits per heavy atom. The molecule has 2 aromatic rings. The van der Waals surface area contributed by atoms with E-state index in [4.69, 9.17) is 9.52 Å². The molecule has 1 fully saturated rings. The summed E-state index contributed by atoms with van der Waals surface area (Å²) >= 11 is 1.83. The van der Waals surface area contributed by atoms with Gasteiger partial charge in [0, 0.05) is 49.6 Å². The first-order valence-electron chi connectivity index (χ1n) is 9.57. The second-order valence-electron chi connectivity index (χ2n) is 7.78. The van der Waals surface area contributed by atoms with Crippen molar-refractivity contribution in [2.24, 2.45) is 4.99 Å². The predicted octanol–water partition coefficient (Wildman–Crippen LogP) is 2.71. The normalized spacial score (nSPS) is 16.7. The minimum atomic E-state index is -0.141. The molecule has 0 aliphatic carbocycles. The Labute approximate surface area is 165 Å². The van der Waals surface area contributed by atoms with Crippen molar-refractivity contribution in [3.8, 4) is 0 Å². The van der Waals surface area contributed by atoms with Crippen molar-refractivity contribution in [1.29, 1.82) is 0 Å². The largest absolute Gasteiger partial charge is 0.357 e. The number of aliphatic imine (C=N–C) groups is 1. The number of guanidine groups is 1. The highest BCUT2D eigenvalue weighted by molar-refractivity contribution is 7.09. The number of hydrogen-bond acceptors (Lipinski definition) is 6. The SMILES string of the molecule is CCNC(=NCc1noc(C(C)(C)C)n1)N1CCN(Cc2cccs2)CC1. The van der Waals surface area contributed by atoms with Crippen molar-refractivity contribution in [2.45, 2.75) is 46.2 Å². The first kappa shape index (κ1) is 19.8. The highest BCUT2D eigenvalue weighted by Gasteiger charge is 2.22. The zero-order valence-corrected chi connectivity index (χ0v) is 17.6. The number of nitrogens with zero attached hydrogens (tertiary/aromatic N) is 5. The highest BCUT2D eigenvalue weighted by atomic mass is 32.1. The number of piperazine rings is 1. The molecule has 148 valence electrons. The number of aromatic nitrogens is 2. The van der Waals surface area contributed by atoms with E-state index >= 15 is 0 Å². The van der Waals surface area contributed by atoms with Gasteiger partial charge in [-0.05, 0) is 18.4 Å². The number of hydrogen-bond donors (Lipinski definition) is 1. The maximum Gasteiger partial charge on any atom is 0.232 e. The topological polar surface area (TPSA) is 69.8 Å². The lowest BCUT2D eigenvalue weighted by Crippen LogP contribution is -2.52. The number of thiophene rings is 1. The van der Waals surface area contributed by atoms with Gasteiger partial charge in [-0.1, -0.05) is 32.0 Å². The first-order valence-corrected chi connectivity index (χ1v) is 10.4. The third-order valence-corrected chi connectivity index (χ3v) is 5.31. The molecule has 2 aromatic heterocycles. The Bertz CT molecular complexity index is 726. The predicted molar refractivity (Wildman–Crippen MR) is 109 cm³/mol. The summed E-state index contributed by atoms with van der Waals surface area (Å²) in [5, 5.41) is 9.60. The van der Waals surface area contributed by atoms with Crippen LogP contribution < -0.4 is 5.32 Å². The van der Waals surface area contributed by atoms with Gasteiger partial charge in [-0.3, -0.25) is 4.90 Å². The maximum absolute atomic E-state index is 5.36. The second kappa shape index (κ2) is 8.84. The molecule has 0 bridgehead atoms. The molecular weight excluding hydrogens is 360 g/mol. The zero-order chi connectivity index (χ0) is 19.3. The van der Waals surface area contributed by atoms with Gasteiger partial charge < -0.3 is 14.7 Å². The average molecular weight is 391 g/mol. The summed E-state index contributed by atoms with van der Waals surface area (Å²) in [6, 6.07) is 4.33. The fourth-order valence-corrected chi connectivity index (χ4v) is 3.68. The lowest BCUT2D eigenvalue weighted by molar-refractivity contribution is 0.173. The van der Waals surface area contributed by atoms with E-state index in [1.165, 1.54) is 4.88 Å². The van der Waals surface area contributed by atoms with Crippen LogP contribution >= 0.6 is 11.3 Å². The van der Waals surface area contributed by atoms with Crippen LogP contribution in [0.5, 0.6) is 0 Å². The summed E-state index contributed by atoms with van der Waals surface area (Å²) in [5.74, 6) is 2.21. The Balaban J connectivity index is 1.57. The molecule has 3 heterocycles. The number of rotatable bonds is 5. The van der Waals surface area contributed by atoms with E-state index < -0.39 is 0 Å². The fraction of sp³-hybridized carbons (Fsp3) is 0.632. The van der Waals surface area contributed by atoms with E-state index in [2.05, 4.69) is 70.5 Å². The van der Waals surface area contributed by atoms with E-state index in [9.17, 15) is 0 Å². The van der Waals surface area contributed by atoms with E-state index in [-0.39, 0.29) is 5.41 Å². The Hall–Kier alpha value is -1.93. The molecule has 7 nitrogen and oxygen atoms in total. The van der Waals surface area contributed by atoms with Gasteiger partial charge in [-0.25, -0.2) is 4.99 Å². The van der Waals surface area contributed by atoms with Gasteiger partial charge >= 0.3 is 0 Å². The van der Waals surface area contributed by atoms with Crippen LogP contribution in [0.3, 0.4) is 0 Å². The maximum atomic E-state index is 5.36. The van der Waals surface area contributed by atoms with Crippen molar-refractivity contribution in [2.75, 3.05) is 32.7 Å². The smallest absolute Gasteiger partial charge is 0.232 e. The van der Waals surface area contributed by atoms with E-state index in [0.717, 1.165) is 45.2 Å². The molecule has 0 amide bonds. The third-order valence-electron chi connectivity index (χ3n) is 4.45. The zero-order valence-electron chi connectivity index (χ0n) is 16.7. The summed E-state index contributed by atoms with van der Waals surface area (Å²) in [5.41, 5.74) is -0.141. The van der Waals surface area contributed by atoms with Crippen molar-refractivity contribution < 1.29 is 4.52 Å². The molecule has 1 aliphatic rings. The molecule has 27 heavy (non-hydrogen) atoms. The quantitative estimate of drug-likeness (QED) is 0.625. The summed E-state index contributed by atoms with van der Waals surface area (Å²) in [7, 11) is 0. The molecule has 8 heteroatoms. The average Bonchev–Trinajstić information content (AvgIpc) is 3.31. The van der Waals surface area contributed by atoms with Crippen LogP contribution in [0.15, 0.2) is 27.0 Å². The van der Waals surface area contributed by atoms with Crippen LogP contribution in [0.1, 0.15) is 44.3 Å². The highest BCUT2D eigenvalue weighted by Crippen LogP contribution is 2.20. The molecule has 0 unspecified atom stereocenters. The first-order chi connectivity index (χ1) is 13.0. The van der Waals surface area contributed by atoms with Gasteiger partial charge in [0.05, 0.1) is 0 Å². The Kier molecular flexibility index (Phi) is 6.49. The molecular formula is C19H30N6OS. The second-order valence-corrected chi connectivity index (χ2v) is 8.81. The monoisotopic (exact) mass is 390 g/mol. The van der Waals surface area contributed by atoms with Crippen LogP contribution in [-0.4, -0.2) is 58.6 Å². The van der Waals surface area contributed by atoms with E-state index in [0.29, 0.717) is 18.3 Å². The van der Waals surface area contributed by atoms with Gasteiger partial charge in [0.1, 0.15) is 6.54 Å². The molecule has 0 aromatic carbocycles. The Morgan fingerprint density at radius 1 is 1.30 bits per heavy atom. The van der Waals surface area contributed by atoms with Crippen LogP contribution in [0.4, 0.5) is 0 Å². The molecule has 0 spiro atoms. The van der Waals surface area contributed by atoms with Gasteiger partial charge in [-0.15, -0.1) is 11.3 Å². The lowest BCUT2D eigenvalue weighted by Gasteiger charge is -2.36. The minimum absolute atomic E-state index is 0.141. The summed E-state index contributed by atoms with van der Waals surface area (Å²) in [6.45, 7) is 14.6. The van der Waals surface area contributed by atoms with Crippen molar-refractivity contribution in [1.82, 2.24) is 25.3 Å². The van der Waals surface area contributed by atoms with Crippen LogP contribution in [-0.2, 0) is 18.5 Å². The standard InChI is InChI=1S/C19H30N6OS/c1-5-20-18(21-13-16-22-17(26-23-16)19(2,3)4)25-10-8-24(9-11-25)14-15-7-6-12-27-15/h6-7,12H,5,8-11,13-14H2,1-4H3,(H,20,21). The van der Waals surface area contributed by atoms with E-state index in [1.54, 1.807) is 0 Å². The van der Waals surface area contributed by atoms with Crippen molar-refractivity contribution in [3.05, 3.63) is 34.1 Å². The third kappa shape index (κ3) is 5.52. The molecule has 1 saturated heterocycles. The van der Waals surface area contributed by atoms with Crippen LogP contribution in [0.25, 0.3) is 0 Å². The molecule has 0 radical (unpaired) electrons. The summed E-state index contributed by atoms with van der Waals surface area (Å²) in [4.78, 5) is 15.5. The van der Waals surface area contributed by atoms with E-state index in [1.807, 2.05) is 11.3 Å². The van der Waals surface area contributed by atoms with Crippen molar-refractivity contribution in [3.63, 3.8) is 0 Å². The van der Waals surface area contributed by atoms with Gasteiger partial charge in [-0.2, -0.15) is 4.98 Å². The molecule has 1 N–H and O–H groups in total. The van der Waals surface area contributed by atoms with Gasteiger partial charge in [0.15, 0.2) is 11.8 Å². The van der Waals surface area contributed by atoms with Gasteiger partial charge in [0.2, 0.25) is 5.89 Å². The molecule has 3 rings (SSSR count). The molecule has 0 saturated carbocycles. The van der Waals surface area contributed by atoms with Gasteiger partial charge in [0.25, 0.3) is 0 Å². The summed E-state index contributed by atoms with van der Waals surface area (Å²) < 4.78 is 5.36. The van der Waals surface area contributed by atoms with Crippen molar-refractivity contribution >= 4 is 17.3 Å². The fourth-order valence-electron chi connectivity index (χ4n) is 2.93. The minimum Gasteiger partial charge on any atom is -0.357 e. The Morgan fingerprint density at radius 2 is 2.07 bits per heavy atom. The lowest BCUT2D eigenvalue weighted by atomic mass is 9.97. The van der Waals surface area contributed by atoms with Crippen LogP contribution in [0.2, 0.25) is 0 Å². The molecule has 1 aliphatic heterocycles. The molecule has 0 atom stereocenters. The summed E-state index contributed by atoms with van der Waals surface area (Å²) in [6.07, 6.45) is 0. The van der Waals surface area contributed by atoms with Crippen LogP contribution in [0, 0.1) is 0 Å².